The normalized spacial score (nSPS) is 10.4. The molecule has 2 N–H and O–H groups in total. The molecule has 0 fully saturated rings. The molecule has 0 unspecified atom stereocenters. The fourth-order valence-electron chi connectivity index (χ4n) is 1.65. The first kappa shape index (κ1) is 16.9. The number of carbonyl (C=O) groups is 1. The van der Waals surface area contributed by atoms with Gasteiger partial charge >= 0.3 is 6.01 Å². The van der Waals surface area contributed by atoms with Crippen LogP contribution in [0, 0.1) is 0 Å². The predicted octanol–water partition coefficient (Wildman–Crippen LogP) is 0.981. The van der Waals surface area contributed by atoms with Gasteiger partial charge in [0.1, 0.15) is 0 Å². The minimum atomic E-state index is -0.0396. The van der Waals surface area contributed by atoms with Gasteiger partial charge in [0.25, 0.3) is 0 Å². The highest BCUT2D eigenvalue weighted by Gasteiger charge is 2.12. The number of hydrogen-bond acceptors (Lipinski definition) is 7. The lowest BCUT2D eigenvalue weighted by Crippen LogP contribution is -2.35. The van der Waals surface area contributed by atoms with Crippen molar-refractivity contribution in [3.8, 4) is 6.01 Å². The van der Waals surface area contributed by atoms with E-state index in [-0.39, 0.29) is 24.6 Å². The number of hydrogen-bond donors (Lipinski definition) is 2. The monoisotopic (exact) mass is 296 g/mol. The predicted molar refractivity (Wildman–Crippen MR) is 81.6 cm³/mol. The first-order chi connectivity index (χ1) is 9.99. The Kier molecular flexibility index (Phi) is 6.64. The molecule has 1 rings (SSSR count). The standard InChI is InChI=1S/C13H24N6O2/c1-6-19(7-2)10(20)8-15-12-16-11(14-5)17-13(18-12)21-9(3)4/h9H,6-8H2,1-5H3,(H2,14,15,16,17,18). The van der Waals surface area contributed by atoms with Crippen LogP contribution in [-0.4, -0.2) is 58.5 Å². The zero-order valence-electron chi connectivity index (χ0n) is 13.3. The molecule has 0 spiro atoms. The maximum atomic E-state index is 11.9. The number of aromatic nitrogens is 3. The van der Waals surface area contributed by atoms with Crippen LogP contribution in [0.15, 0.2) is 0 Å². The summed E-state index contributed by atoms with van der Waals surface area (Å²) in [7, 11) is 1.71. The number of ether oxygens (including phenoxy) is 1. The van der Waals surface area contributed by atoms with E-state index in [0.29, 0.717) is 25.0 Å². The van der Waals surface area contributed by atoms with E-state index in [1.165, 1.54) is 0 Å². The molecule has 118 valence electrons. The van der Waals surface area contributed by atoms with Gasteiger partial charge in [-0.2, -0.15) is 15.0 Å². The average molecular weight is 296 g/mol. The largest absolute Gasteiger partial charge is 0.461 e. The average Bonchev–Trinajstić information content (AvgIpc) is 2.45. The third kappa shape index (κ3) is 5.41. The fourth-order valence-corrected chi connectivity index (χ4v) is 1.65. The van der Waals surface area contributed by atoms with Gasteiger partial charge in [0.05, 0.1) is 12.6 Å². The summed E-state index contributed by atoms with van der Waals surface area (Å²) in [6.07, 6.45) is -0.0396. The van der Waals surface area contributed by atoms with Gasteiger partial charge < -0.3 is 20.3 Å². The number of anilines is 2. The Balaban J connectivity index is 2.75. The van der Waals surface area contributed by atoms with Gasteiger partial charge in [0.15, 0.2) is 0 Å². The van der Waals surface area contributed by atoms with E-state index < -0.39 is 0 Å². The van der Waals surface area contributed by atoms with Crippen LogP contribution in [0.5, 0.6) is 6.01 Å². The molecular weight excluding hydrogens is 272 g/mol. The number of nitrogens with one attached hydrogen (secondary N) is 2. The molecule has 0 saturated heterocycles. The van der Waals surface area contributed by atoms with Crippen LogP contribution in [0.3, 0.4) is 0 Å². The molecule has 0 aromatic carbocycles. The van der Waals surface area contributed by atoms with Crippen molar-refractivity contribution in [2.75, 3.05) is 37.3 Å². The van der Waals surface area contributed by atoms with Crippen molar-refractivity contribution in [3.63, 3.8) is 0 Å². The van der Waals surface area contributed by atoms with Gasteiger partial charge in [0, 0.05) is 20.1 Å². The smallest absolute Gasteiger partial charge is 0.323 e. The zero-order valence-corrected chi connectivity index (χ0v) is 13.3. The second-order valence-electron chi connectivity index (χ2n) is 4.60. The number of rotatable bonds is 8. The van der Waals surface area contributed by atoms with Crippen molar-refractivity contribution < 1.29 is 9.53 Å². The van der Waals surface area contributed by atoms with Crippen molar-refractivity contribution in [2.24, 2.45) is 0 Å². The third-order valence-corrected chi connectivity index (χ3v) is 2.69. The molecule has 21 heavy (non-hydrogen) atoms. The molecule has 0 aliphatic heterocycles. The molecular formula is C13H24N6O2. The molecule has 1 aromatic rings. The maximum absolute atomic E-state index is 11.9. The van der Waals surface area contributed by atoms with Crippen LogP contribution in [0.4, 0.5) is 11.9 Å². The summed E-state index contributed by atoms with van der Waals surface area (Å²) >= 11 is 0. The van der Waals surface area contributed by atoms with Crippen LogP contribution in [0.2, 0.25) is 0 Å². The van der Waals surface area contributed by atoms with Crippen LogP contribution in [-0.2, 0) is 4.79 Å². The summed E-state index contributed by atoms with van der Waals surface area (Å²) in [5, 5.41) is 5.74. The summed E-state index contributed by atoms with van der Waals surface area (Å²) < 4.78 is 5.46. The summed E-state index contributed by atoms with van der Waals surface area (Å²) in [6, 6.07) is 0.224. The van der Waals surface area contributed by atoms with E-state index in [4.69, 9.17) is 4.74 Å². The highest BCUT2D eigenvalue weighted by Crippen LogP contribution is 2.12. The van der Waals surface area contributed by atoms with Crippen molar-refractivity contribution >= 4 is 17.8 Å². The van der Waals surface area contributed by atoms with Gasteiger partial charge in [-0.1, -0.05) is 0 Å². The van der Waals surface area contributed by atoms with E-state index in [1.807, 2.05) is 27.7 Å². The number of amides is 1. The lowest BCUT2D eigenvalue weighted by molar-refractivity contribution is -0.128. The number of carbonyl (C=O) groups excluding carboxylic acids is 1. The van der Waals surface area contributed by atoms with Crippen molar-refractivity contribution in [2.45, 2.75) is 33.8 Å². The SMILES string of the molecule is CCN(CC)C(=O)CNc1nc(NC)nc(OC(C)C)n1. The lowest BCUT2D eigenvalue weighted by atomic mass is 10.4. The minimum Gasteiger partial charge on any atom is -0.461 e. The Morgan fingerprint density at radius 3 is 2.33 bits per heavy atom. The van der Waals surface area contributed by atoms with E-state index in [2.05, 4.69) is 25.6 Å². The Bertz CT molecular complexity index is 462. The Hall–Kier alpha value is -2.12. The van der Waals surface area contributed by atoms with Gasteiger partial charge in [-0.3, -0.25) is 4.79 Å². The van der Waals surface area contributed by atoms with Crippen molar-refractivity contribution in [3.05, 3.63) is 0 Å². The van der Waals surface area contributed by atoms with E-state index in [0.717, 1.165) is 0 Å². The molecule has 0 atom stereocenters. The second kappa shape index (κ2) is 8.23. The van der Waals surface area contributed by atoms with Gasteiger partial charge in [-0.15, -0.1) is 0 Å². The van der Waals surface area contributed by atoms with E-state index in [1.54, 1.807) is 11.9 Å². The Morgan fingerprint density at radius 1 is 1.19 bits per heavy atom. The number of nitrogens with zero attached hydrogens (tertiary/aromatic N) is 4. The first-order valence-electron chi connectivity index (χ1n) is 7.12. The second-order valence-corrected chi connectivity index (χ2v) is 4.60. The molecule has 0 aliphatic carbocycles. The topological polar surface area (TPSA) is 92.3 Å². The number of likely N-dealkylation sites (N-methyl/N-ethyl adjacent to an activating group) is 1. The quantitative estimate of drug-likeness (QED) is 0.738. The minimum absolute atomic E-state index is 0.00209. The highest BCUT2D eigenvalue weighted by molar-refractivity contribution is 5.80. The first-order valence-corrected chi connectivity index (χ1v) is 7.12. The molecule has 8 heteroatoms. The molecule has 0 saturated carbocycles. The van der Waals surface area contributed by atoms with Gasteiger partial charge in [-0.05, 0) is 27.7 Å². The summed E-state index contributed by atoms with van der Waals surface area (Å²) in [5.41, 5.74) is 0. The van der Waals surface area contributed by atoms with E-state index >= 15 is 0 Å². The molecule has 0 radical (unpaired) electrons. The van der Waals surface area contributed by atoms with Crippen LogP contribution >= 0.6 is 0 Å². The molecule has 1 aromatic heterocycles. The molecule has 0 bridgehead atoms. The Labute approximate surface area is 125 Å². The van der Waals surface area contributed by atoms with Crippen molar-refractivity contribution in [1.82, 2.24) is 19.9 Å². The molecule has 1 heterocycles. The van der Waals surface area contributed by atoms with Crippen molar-refractivity contribution in [1.29, 1.82) is 0 Å². The molecule has 1 amide bonds. The zero-order chi connectivity index (χ0) is 15.8. The molecule has 0 aliphatic rings. The lowest BCUT2D eigenvalue weighted by Gasteiger charge is -2.18. The Morgan fingerprint density at radius 2 is 1.81 bits per heavy atom. The maximum Gasteiger partial charge on any atom is 0.323 e. The van der Waals surface area contributed by atoms with E-state index in [9.17, 15) is 4.79 Å². The fraction of sp³-hybridized carbons (Fsp3) is 0.692. The highest BCUT2D eigenvalue weighted by atomic mass is 16.5. The van der Waals surface area contributed by atoms with Crippen LogP contribution < -0.4 is 15.4 Å². The van der Waals surface area contributed by atoms with Crippen LogP contribution in [0.25, 0.3) is 0 Å². The van der Waals surface area contributed by atoms with Crippen LogP contribution in [0.1, 0.15) is 27.7 Å². The van der Waals surface area contributed by atoms with Gasteiger partial charge in [0.2, 0.25) is 17.8 Å². The molecule has 8 nitrogen and oxygen atoms in total. The summed E-state index contributed by atoms with van der Waals surface area (Å²) in [5.74, 6) is 0.696. The van der Waals surface area contributed by atoms with Gasteiger partial charge in [-0.25, -0.2) is 0 Å². The summed E-state index contributed by atoms with van der Waals surface area (Å²) in [4.78, 5) is 26.1. The third-order valence-electron chi connectivity index (χ3n) is 2.69. The summed E-state index contributed by atoms with van der Waals surface area (Å²) in [6.45, 7) is 9.15.